The van der Waals surface area contributed by atoms with E-state index in [1.807, 2.05) is 0 Å². The SMILES string of the molecule is COC(=O)c1c(Cl)cc(Cl)cc1-c1cnc(C(C)NC(=O)C2(NC(=O)C(F)(F)F)CC2)c(F)c1. The average Bonchev–Trinajstić information content (AvgIpc) is 3.52. The minimum Gasteiger partial charge on any atom is -0.465 e. The molecule has 1 aromatic carbocycles. The third kappa shape index (κ3) is 5.25. The Morgan fingerprint density at radius 2 is 1.82 bits per heavy atom. The van der Waals surface area contributed by atoms with Gasteiger partial charge in [-0.15, -0.1) is 0 Å². The van der Waals surface area contributed by atoms with Gasteiger partial charge in [0.2, 0.25) is 5.91 Å². The molecule has 2 aromatic rings. The van der Waals surface area contributed by atoms with Crippen molar-refractivity contribution in [3.05, 3.63) is 51.5 Å². The number of rotatable bonds is 6. The molecule has 7 nitrogen and oxygen atoms in total. The molecular weight excluding hydrogens is 505 g/mol. The Kier molecular flexibility index (Phi) is 7.09. The minimum absolute atomic E-state index is 0.00799. The molecular formula is C21H17Cl2F4N3O4. The zero-order valence-corrected chi connectivity index (χ0v) is 19.2. The number of pyridine rings is 1. The Morgan fingerprint density at radius 3 is 2.35 bits per heavy atom. The van der Waals surface area contributed by atoms with Crippen LogP contribution in [0.25, 0.3) is 11.1 Å². The van der Waals surface area contributed by atoms with Crippen LogP contribution in [-0.2, 0) is 14.3 Å². The third-order valence-corrected chi connectivity index (χ3v) is 5.69. The summed E-state index contributed by atoms with van der Waals surface area (Å²) in [5, 5.41) is 4.21. The van der Waals surface area contributed by atoms with Crippen LogP contribution in [-0.4, -0.2) is 41.6 Å². The number of methoxy groups -OCH3 is 1. The Morgan fingerprint density at radius 1 is 1.18 bits per heavy atom. The summed E-state index contributed by atoms with van der Waals surface area (Å²) >= 11 is 12.1. The monoisotopic (exact) mass is 521 g/mol. The lowest BCUT2D eigenvalue weighted by molar-refractivity contribution is -0.175. The first-order valence-corrected chi connectivity index (χ1v) is 10.5. The molecule has 1 fully saturated rings. The molecule has 0 bridgehead atoms. The van der Waals surface area contributed by atoms with E-state index in [0.717, 1.165) is 13.2 Å². The first-order chi connectivity index (χ1) is 15.8. The second-order valence-corrected chi connectivity index (χ2v) is 8.47. The van der Waals surface area contributed by atoms with E-state index in [1.54, 1.807) is 5.32 Å². The molecule has 1 heterocycles. The maximum absolute atomic E-state index is 14.9. The van der Waals surface area contributed by atoms with Gasteiger partial charge in [0.05, 0.1) is 29.4 Å². The highest BCUT2D eigenvalue weighted by molar-refractivity contribution is 6.37. The van der Waals surface area contributed by atoms with E-state index >= 15 is 0 Å². The normalized spacial score (nSPS) is 15.3. The van der Waals surface area contributed by atoms with Gasteiger partial charge in [-0.2, -0.15) is 13.2 Å². The number of halogens is 6. The third-order valence-electron chi connectivity index (χ3n) is 5.18. The summed E-state index contributed by atoms with van der Waals surface area (Å²) in [5.74, 6) is -4.78. The van der Waals surface area contributed by atoms with Gasteiger partial charge in [0, 0.05) is 22.3 Å². The Balaban J connectivity index is 1.83. The van der Waals surface area contributed by atoms with Gasteiger partial charge < -0.3 is 15.4 Å². The Labute approximate surface area is 200 Å². The van der Waals surface area contributed by atoms with Crippen LogP contribution >= 0.6 is 23.2 Å². The predicted molar refractivity (Wildman–Crippen MR) is 114 cm³/mol. The fourth-order valence-corrected chi connectivity index (χ4v) is 3.82. The van der Waals surface area contributed by atoms with Crippen LogP contribution in [0.1, 0.15) is 41.9 Å². The summed E-state index contributed by atoms with van der Waals surface area (Å²) in [6, 6.07) is 2.68. The van der Waals surface area contributed by atoms with Crippen molar-refractivity contribution in [3.63, 3.8) is 0 Å². The molecule has 0 saturated heterocycles. The highest BCUT2D eigenvalue weighted by Crippen LogP contribution is 2.38. The molecule has 1 aromatic heterocycles. The van der Waals surface area contributed by atoms with Gasteiger partial charge in [0.1, 0.15) is 11.4 Å². The van der Waals surface area contributed by atoms with Crippen molar-refractivity contribution in [1.29, 1.82) is 0 Å². The van der Waals surface area contributed by atoms with E-state index in [4.69, 9.17) is 27.9 Å². The van der Waals surface area contributed by atoms with Gasteiger partial charge in [-0.05, 0) is 38.0 Å². The van der Waals surface area contributed by atoms with Crippen molar-refractivity contribution in [1.82, 2.24) is 15.6 Å². The van der Waals surface area contributed by atoms with E-state index < -0.39 is 41.4 Å². The van der Waals surface area contributed by atoms with Gasteiger partial charge in [0.25, 0.3) is 0 Å². The Bertz CT molecular complexity index is 1170. The number of alkyl halides is 3. The maximum atomic E-state index is 14.9. The number of amides is 2. The molecule has 1 unspecified atom stereocenters. The molecule has 1 aliphatic rings. The number of hydrogen-bond donors (Lipinski definition) is 2. The minimum atomic E-state index is -5.14. The number of carbonyl (C=O) groups is 3. The summed E-state index contributed by atoms with van der Waals surface area (Å²) in [6.07, 6.45) is -3.91. The molecule has 2 amide bonds. The number of aromatic nitrogens is 1. The number of nitrogens with one attached hydrogen (secondary N) is 2. The molecule has 1 aliphatic carbocycles. The van der Waals surface area contributed by atoms with Crippen molar-refractivity contribution >= 4 is 41.0 Å². The number of carbonyl (C=O) groups excluding carboxylic acids is 3. The molecule has 2 N–H and O–H groups in total. The summed E-state index contributed by atoms with van der Waals surface area (Å²) in [6.45, 7) is 1.38. The highest BCUT2D eigenvalue weighted by atomic mass is 35.5. The van der Waals surface area contributed by atoms with Gasteiger partial charge in [-0.1, -0.05) is 23.2 Å². The van der Waals surface area contributed by atoms with Crippen molar-refractivity contribution in [2.75, 3.05) is 7.11 Å². The topological polar surface area (TPSA) is 97.4 Å². The zero-order chi connectivity index (χ0) is 25.4. The van der Waals surface area contributed by atoms with Crippen LogP contribution < -0.4 is 10.6 Å². The van der Waals surface area contributed by atoms with Crippen LogP contribution in [0.3, 0.4) is 0 Å². The van der Waals surface area contributed by atoms with Gasteiger partial charge >= 0.3 is 18.1 Å². The van der Waals surface area contributed by atoms with Crippen molar-refractivity contribution in [2.45, 2.75) is 37.5 Å². The van der Waals surface area contributed by atoms with E-state index in [0.29, 0.717) is 0 Å². The van der Waals surface area contributed by atoms with Gasteiger partial charge in [-0.3, -0.25) is 14.6 Å². The van der Waals surface area contributed by atoms with Crippen molar-refractivity contribution < 1.29 is 36.7 Å². The van der Waals surface area contributed by atoms with Crippen molar-refractivity contribution in [3.8, 4) is 11.1 Å². The fourth-order valence-electron chi connectivity index (χ4n) is 3.25. The molecule has 0 radical (unpaired) electrons. The molecule has 1 saturated carbocycles. The number of hydrogen-bond acceptors (Lipinski definition) is 5. The standard InChI is InChI=1S/C21H17Cl2F4N3O4/c1-9(29-18(32)20(3-4-20)30-19(33)21(25,26)27)16-14(24)5-10(8-28-16)12-6-11(22)7-13(23)15(12)17(31)34-2/h5-9H,3-4H2,1-2H3,(H,29,32)(H,30,33). The van der Waals surface area contributed by atoms with Crippen LogP contribution in [0.5, 0.6) is 0 Å². The smallest absolute Gasteiger partial charge is 0.465 e. The number of ether oxygens (including phenoxy) is 1. The zero-order valence-electron chi connectivity index (χ0n) is 17.6. The van der Waals surface area contributed by atoms with E-state index in [1.165, 1.54) is 25.3 Å². The quantitative estimate of drug-likeness (QED) is 0.434. The number of benzene rings is 1. The molecule has 3 rings (SSSR count). The second kappa shape index (κ2) is 9.38. The maximum Gasteiger partial charge on any atom is 0.471 e. The lowest BCUT2D eigenvalue weighted by atomic mass is 10.00. The lowest BCUT2D eigenvalue weighted by Gasteiger charge is -2.21. The van der Waals surface area contributed by atoms with E-state index in [9.17, 15) is 31.9 Å². The molecule has 34 heavy (non-hydrogen) atoms. The first-order valence-electron chi connectivity index (χ1n) is 9.72. The first kappa shape index (κ1) is 25.7. The largest absolute Gasteiger partial charge is 0.471 e. The van der Waals surface area contributed by atoms with Gasteiger partial charge in [-0.25, -0.2) is 9.18 Å². The fraction of sp³-hybridized carbons (Fsp3) is 0.333. The highest BCUT2D eigenvalue weighted by Gasteiger charge is 2.55. The Hall–Kier alpha value is -2.92. The van der Waals surface area contributed by atoms with E-state index in [2.05, 4.69) is 10.3 Å². The second-order valence-electron chi connectivity index (χ2n) is 7.62. The molecule has 0 spiro atoms. The summed E-state index contributed by atoms with van der Waals surface area (Å²) in [4.78, 5) is 39.8. The van der Waals surface area contributed by atoms with Crippen LogP contribution in [0.15, 0.2) is 24.4 Å². The molecule has 13 heteroatoms. The summed E-state index contributed by atoms with van der Waals surface area (Å²) < 4.78 is 57.2. The summed E-state index contributed by atoms with van der Waals surface area (Å²) in [5.41, 5.74) is -1.68. The van der Waals surface area contributed by atoms with Crippen LogP contribution in [0, 0.1) is 5.82 Å². The number of nitrogens with zero attached hydrogens (tertiary/aromatic N) is 1. The summed E-state index contributed by atoms with van der Waals surface area (Å²) in [7, 11) is 1.15. The predicted octanol–water partition coefficient (Wildman–Crippen LogP) is 4.37. The van der Waals surface area contributed by atoms with Crippen LogP contribution in [0.2, 0.25) is 10.0 Å². The van der Waals surface area contributed by atoms with Crippen LogP contribution in [0.4, 0.5) is 17.6 Å². The lowest BCUT2D eigenvalue weighted by Crippen LogP contribution is -2.53. The van der Waals surface area contributed by atoms with Gasteiger partial charge in [0.15, 0.2) is 0 Å². The van der Waals surface area contributed by atoms with E-state index in [-0.39, 0.29) is 45.3 Å². The number of esters is 1. The molecule has 1 atom stereocenters. The van der Waals surface area contributed by atoms with Crippen molar-refractivity contribution in [2.24, 2.45) is 0 Å². The average molecular weight is 522 g/mol. The molecule has 182 valence electrons. The molecule has 0 aliphatic heterocycles.